The second-order valence-corrected chi connectivity index (χ2v) is 5.84. The Bertz CT molecular complexity index is 487. The lowest BCUT2D eigenvalue weighted by molar-refractivity contribution is -0.121. The highest BCUT2D eigenvalue weighted by molar-refractivity contribution is 6.06. The van der Waals surface area contributed by atoms with Gasteiger partial charge in [0.05, 0.1) is 11.4 Å². The van der Waals surface area contributed by atoms with E-state index in [0.717, 1.165) is 48.5 Å². The molecule has 1 aromatic rings. The van der Waals surface area contributed by atoms with Crippen molar-refractivity contribution in [3.05, 3.63) is 23.8 Å². The lowest BCUT2D eigenvalue weighted by Crippen LogP contribution is -2.54. The predicted molar refractivity (Wildman–Crippen MR) is 73.8 cm³/mol. The van der Waals surface area contributed by atoms with Gasteiger partial charge >= 0.3 is 0 Å². The summed E-state index contributed by atoms with van der Waals surface area (Å²) in [6.07, 6.45) is 4.13. The van der Waals surface area contributed by atoms with Gasteiger partial charge in [-0.05, 0) is 50.2 Å². The lowest BCUT2D eigenvalue weighted by atomic mass is 9.75. The SMILES string of the molecule is Cc1cccc2c1NC(=O)C1(CCC(C)CC1)N2. The van der Waals surface area contributed by atoms with Gasteiger partial charge in [-0.25, -0.2) is 0 Å². The molecule has 1 fully saturated rings. The zero-order chi connectivity index (χ0) is 12.8. The molecule has 1 amide bonds. The van der Waals surface area contributed by atoms with Crippen LogP contribution in [-0.4, -0.2) is 11.4 Å². The molecule has 96 valence electrons. The number of aryl methyl sites for hydroxylation is 1. The average Bonchev–Trinajstić information content (AvgIpc) is 2.36. The molecule has 0 aromatic heterocycles. The number of nitrogens with one attached hydrogen (secondary N) is 2. The van der Waals surface area contributed by atoms with Crippen LogP contribution >= 0.6 is 0 Å². The van der Waals surface area contributed by atoms with Crippen LogP contribution in [0.5, 0.6) is 0 Å². The van der Waals surface area contributed by atoms with Crippen molar-refractivity contribution in [2.24, 2.45) is 5.92 Å². The van der Waals surface area contributed by atoms with Crippen molar-refractivity contribution >= 4 is 17.3 Å². The monoisotopic (exact) mass is 244 g/mol. The summed E-state index contributed by atoms with van der Waals surface area (Å²) in [5.74, 6) is 0.889. The molecule has 18 heavy (non-hydrogen) atoms. The first-order chi connectivity index (χ1) is 8.61. The van der Waals surface area contributed by atoms with Crippen molar-refractivity contribution < 1.29 is 4.79 Å². The standard InChI is InChI=1S/C15H20N2O/c1-10-6-8-15(9-7-10)14(18)16-13-11(2)4-3-5-12(13)17-15/h3-5,10,17H,6-9H2,1-2H3,(H,16,18). The highest BCUT2D eigenvalue weighted by Crippen LogP contribution is 2.41. The number of hydrogen-bond donors (Lipinski definition) is 2. The Balaban J connectivity index is 1.95. The minimum atomic E-state index is -0.368. The van der Waals surface area contributed by atoms with E-state index in [4.69, 9.17) is 0 Å². The van der Waals surface area contributed by atoms with E-state index in [2.05, 4.69) is 23.6 Å². The fourth-order valence-electron chi connectivity index (χ4n) is 3.09. The van der Waals surface area contributed by atoms with Gasteiger partial charge in [-0.2, -0.15) is 0 Å². The number of amides is 1. The largest absolute Gasteiger partial charge is 0.370 e. The van der Waals surface area contributed by atoms with Crippen LogP contribution in [0.1, 0.15) is 38.2 Å². The molecule has 0 unspecified atom stereocenters. The molecule has 1 heterocycles. The molecule has 1 aliphatic carbocycles. The van der Waals surface area contributed by atoms with Crippen LogP contribution in [0.3, 0.4) is 0 Å². The first kappa shape index (κ1) is 11.6. The summed E-state index contributed by atoms with van der Waals surface area (Å²) >= 11 is 0. The molecule has 3 heteroatoms. The van der Waals surface area contributed by atoms with Crippen molar-refractivity contribution in [1.29, 1.82) is 0 Å². The van der Waals surface area contributed by atoms with Gasteiger partial charge in [0.25, 0.3) is 0 Å². The molecule has 0 radical (unpaired) electrons. The quantitative estimate of drug-likeness (QED) is 0.735. The molecule has 0 atom stereocenters. The Morgan fingerprint density at radius 2 is 2.00 bits per heavy atom. The average molecular weight is 244 g/mol. The highest BCUT2D eigenvalue weighted by Gasteiger charge is 2.44. The zero-order valence-corrected chi connectivity index (χ0v) is 11.0. The summed E-state index contributed by atoms with van der Waals surface area (Å²) in [4.78, 5) is 12.4. The molecule has 1 aromatic carbocycles. The number of rotatable bonds is 0. The Morgan fingerprint density at radius 1 is 1.28 bits per heavy atom. The van der Waals surface area contributed by atoms with Crippen LogP contribution in [-0.2, 0) is 4.79 Å². The molecular weight excluding hydrogens is 224 g/mol. The van der Waals surface area contributed by atoms with Gasteiger partial charge in [-0.1, -0.05) is 19.1 Å². The van der Waals surface area contributed by atoms with Crippen molar-refractivity contribution in [3.8, 4) is 0 Å². The number of anilines is 2. The number of benzene rings is 1. The molecule has 1 spiro atoms. The van der Waals surface area contributed by atoms with E-state index in [-0.39, 0.29) is 11.4 Å². The summed E-state index contributed by atoms with van der Waals surface area (Å²) in [6, 6.07) is 6.13. The van der Waals surface area contributed by atoms with Gasteiger partial charge in [0.2, 0.25) is 5.91 Å². The number of para-hydroxylation sites is 1. The number of hydrogen-bond acceptors (Lipinski definition) is 2. The van der Waals surface area contributed by atoms with Crippen LogP contribution in [0.4, 0.5) is 11.4 Å². The van der Waals surface area contributed by atoms with Crippen molar-refractivity contribution in [2.75, 3.05) is 10.6 Å². The third kappa shape index (κ3) is 1.69. The second kappa shape index (κ2) is 4.01. The zero-order valence-electron chi connectivity index (χ0n) is 11.0. The van der Waals surface area contributed by atoms with Crippen molar-refractivity contribution in [1.82, 2.24) is 0 Å². The van der Waals surface area contributed by atoms with Gasteiger partial charge in [0, 0.05) is 0 Å². The number of carbonyl (C=O) groups excluding carboxylic acids is 1. The predicted octanol–water partition coefficient (Wildman–Crippen LogP) is 3.31. The molecule has 3 rings (SSSR count). The minimum Gasteiger partial charge on any atom is -0.370 e. The van der Waals surface area contributed by atoms with E-state index >= 15 is 0 Å². The topological polar surface area (TPSA) is 41.1 Å². The van der Waals surface area contributed by atoms with E-state index in [1.54, 1.807) is 0 Å². The number of fused-ring (bicyclic) bond motifs is 1. The molecule has 3 nitrogen and oxygen atoms in total. The maximum atomic E-state index is 12.4. The maximum Gasteiger partial charge on any atom is 0.250 e. The van der Waals surface area contributed by atoms with Gasteiger partial charge in [0.1, 0.15) is 5.54 Å². The minimum absolute atomic E-state index is 0.149. The number of carbonyl (C=O) groups is 1. The summed E-state index contributed by atoms with van der Waals surface area (Å²) in [6.45, 7) is 4.30. The van der Waals surface area contributed by atoms with Gasteiger partial charge in [0.15, 0.2) is 0 Å². The molecular formula is C15H20N2O. The molecule has 0 saturated heterocycles. The molecule has 2 N–H and O–H groups in total. The third-order valence-corrected chi connectivity index (χ3v) is 4.45. The fraction of sp³-hybridized carbons (Fsp3) is 0.533. The Kier molecular flexibility index (Phi) is 2.58. The van der Waals surface area contributed by atoms with Gasteiger partial charge in [-0.15, -0.1) is 0 Å². The van der Waals surface area contributed by atoms with Crippen LogP contribution in [0.25, 0.3) is 0 Å². The van der Waals surface area contributed by atoms with E-state index in [1.807, 2.05) is 19.1 Å². The van der Waals surface area contributed by atoms with Crippen LogP contribution in [0.2, 0.25) is 0 Å². The van der Waals surface area contributed by atoms with E-state index < -0.39 is 0 Å². The summed E-state index contributed by atoms with van der Waals surface area (Å²) < 4.78 is 0. The van der Waals surface area contributed by atoms with Crippen LogP contribution in [0, 0.1) is 12.8 Å². The van der Waals surface area contributed by atoms with Crippen LogP contribution < -0.4 is 10.6 Å². The van der Waals surface area contributed by atoms with Gasteiger partial charge in [-0.3, -0.25) is 4.79 Å². The Hall–Kier alpha value is -1.51. The highest BCUT2D eigenvalue weighted by atomic mass is 16.2. The van der Waals surface area contributed by atoms with Crippen LogP contribution in [0.15, 0.2) is 18.2 Å². The lowest BCUT2D eigenvalue weighted by Gasteiger charge is -2.43. The summed E-state index contributed by atoms with van der Waals surface area (Å²) in [7, 11) is 0. The fourth-order valence-corrected chi connectivity index (χ4v) is 3.09. The first-order valence-corrected chi connectivity index (χ1v) is 6.80. The van der Waals surface area contributed by atoms with Gasteiger partial charge < -0.3 is 10.6 Å². The molecule has 1 aliphatic heterocycles. The molecule has 0 bridgehead atoms. The summed E-state index contributed by atoms with van der Waals surface area (Å²) in [5, 5.41) is 6.61. The first-order valence-electron chi connectivity index (χ1n) is 6.80. The van der Waals surface area contributed by atoms with Crippen molar-refractivity contribution in [3.63, 3.8) is 0 Å². The van der Waals surface area contributed by atoms with Crippen molar-refractivity contribution in [2.45, 2.75) is 45.1 Å². The molecule has 1 saturated carbocycles. The summed E-state index contributed by atoms with van der Waals surface area (Å²) in [5.41, 5.74) is 2.77. The Morgan fingerprint density at radius 3 is 2.72 bits per heavy atom. The van der Waals surface area contributed by atoms with E-state index in [1.165, 1.54) is 0 Å². The smallest absolute Gasteiger partial charge is 0.250 e. The maximum absolute atomic E-state index is 12.4. The third-order valence-electron chi connectivity index (χ3n) is 4.45. The van der Waals surface area contributed by atoms with E-state index in [9.17, 15) is 4.79 Å². The van der Waals surface area contributed by atoms with E-state index in [0.29, 0.717) is 0 Å². The Labute approximate surface area is 108 Å². The normalized spacial score (nSPS) is 30.6. The molecule has 2 aliphatic rings. The second-order valence-electron chi connectivity index (χ2n) is 5.84.